The van der Waals surface area contributed by atoms with Crippen molar-refractivity contribution < 1.29 is 4.92 Å². The van der Waals surface area contributed by atoms with E-state index < -0.39 is 4.92 Å². The fourth-order valence-corrected chi connectivity index (χ4v) is 2.08. The molecule has 0 aliphatic rings. The maximum Gasteiger partial charge on any atom is 0.273 e. The molecule has 19 heavy (non-hydrogen) atoms. The molecule has 3 N–H and O–H groups in total. The van der Waals surface area contributed by atoms with Crippen molar-refractivity contribution in [1.29, 1.82) is 0 Å². The number of anilines is 2. The van der Waals surface area contributed by atoms with Crippen molar-refractivity contribution in [2.45, 2.75) is 33.2 Å². The Kier molecular flexibility index (Phi) is 5.11. The first-order valence-electron chi connectivity index (χ1n) is 6.34. The molecule has 0 saturated heterocycles. The van der Waals surface area contributed by atoms with Crippen molar-refractivity contribution in [3.8, 4) is 0 Å². The average Bonchev–Trinajstić information content (AvgIpc) is 2.36. The molecule has 6 nitrogen and oxygen atoms in total. The molecule has 6 heteroatoms. The van der Waals surface area contributed by atoms with Gasteiger partial charge in [-0.2, -0.15) is 0 Å². The fraction of sp³-hybridized carbons (Fsp3) is 0.538. The summed E-state index contributed by atoms with van der Waals surface area (Å²) in [6.07, 6.45) is 1.02. The molecule has 0 heterocycles. The number of nitrogen functional groups attached to an aromatic ring is 1. The summed E-state index contributed by atoms with van der Waals surface area (Å²) in [4.78, 5) is 12.5. The van der Waals surface area contributed by atoms with Crippen LogP contribution in [-0.2, 0) is 0 Å². The van der Waals surface area contributed by atoms with Crippen LogP contribution in [0.5, 0.6) is 0 Å². The number of hydrazine groups is 1. The Morgan fingerprint density at radius 1 is 1.37 bits per heavy atom. The third-order valence-corrected chi connectivity index (χ3v) is 3.16. The van der Waals surface area contributed by atoms with Crippen LogP contribution < -0.4 is 16.2 Å². The maximum absolute atomic E-state index is 10.9. The van der Waals surface area contributed by atoms with Crippen molar-refractivity contribution in [2.75, 3.05) is 17.4 Å². The number of nitrogens with zero attached hydrogens (tertiary/aromatic N) is 2. The molecule has 1 rings (SSSR count). The van der Waals surface area contributed by atoms with Gasteiger partial charge in [0.1, 0.15) is 0 Å². The lowest BCUT2D eigenvalue weighted by atomic mass is 10.0. The second-order valence-corrected chi connectivity index (χ2v) is 5.23. The van der Waals surface area contributed by atoms with Gasteiger partial charge >= 0.3 is 0 Å². The quantitative estimate of drug-likeness (QED) is 0.470. The molecule has 1 unspecified atom stereocenters. The summed E-state index contributed by atoms with van der Waals surface area (Å²) < 4.78 is 0. The highest BCUT2D eigenvalue weighted by atomic mass is 16.6. The lowest BCUT2D eigenvalue weighted by Crippen LogP contribution is -2.30. The Bertz CT molecular complexity index is 448. The Labute approximate surface area is 113 Å². The average molecular weight is 266 g/mol. The van der Waals surface area contributed by atoms with Crippen LogP contribution in [0.2, 0.25) is 0 Å². The first kappa shape index (κ1) is 15.2. The lowest BCUT2D eigenvalue weighted by molar-refractivity contribution is -0.384. The first-order chi connectivity index (χ1) is 8.85. The molecule has 0 amide bonds. The van der Waals surface area contributed by atoms with E-state index in [0.29, 0.717) is 17.6 Å². The monoisotopic (exact) mass is 266 g/mol. The van der Waals surface area contributed by atoms with Gasteiger partial charge in [-0.15, -0.1) is 0 Å². The first-order valence-corrected chi connectivity index (χ1v) is 6.34. The topological polar surface area (TPSA) is 84.4 Å². The molecule has 0 spiro atoms. The van der Waals surface area contributed by atoms with Gasteiger partial charge in [0.2, 0.25) is 0 Å². The van der Waals surface area contributed by atoms with Crippen molar-refractivity contribution >= 4 is 17.1 Å². The molecule has 1 aromatic carbocycles. The van der Waals surface area contributed by atoms with Gasteiger partial charge in [0.15, 0.2) is 0 Å². The number of nitrogens with one attached hydrogen (secondary N) is 1. The third kappa shape index (κ3) is 4.10. The summed E-state index contributed by atoms with van der Waals surface area (Å²) in [7, 11) is 1.94. The number of non-ortho nitro benzene ring substituents is 1. The highest BCUT2D eigenvalue weighted by Gasteiger charge is 2.16. The lowest BCUT2D eigenvalue weighted by Gasteiger charge is -2.28. The van der Waals surface area contributed by atoms with Gasteiger partial charge in [-0.1, -0.05) is 13.8 Å². The van der Waals surface area contributed by atoms with E-state index >= 15 is 0 Å². The van der Waals surface area contributed by atoms with Crippen molar-refractivity contribution in [2.24, 2.45) is 11.8 Å². The Morgan fingerprint density at radius 2 is 2.00 bits per heavy atom. The molecule has 0 aliphatic carbocycles. The van der Waals surface area contributed by atoms with Gasteiger partial charge < -0.3 is 10.3 Å². The zero-order valence-electron chi connectivity index (χ0n) is 11.9. The summed E-state index contributed by atoms with van der Waals surface area (Å²) in [5, 5.41) is 10.9. The van der Waals surface area contributed by atoms with E-state index in [1.807, 2.05) is 18.0 Å². The molecule has 0 aliphatic heterocycles. The number of hydrogen-bond donors (Lipinski definition) is 2. The molecule has 0 bridgehead atoms. The predicted molar refractivity (Wildman–Crippen MR) is 78.2 cm³/mol. The smallest absolute Gasteiger partial charge is 0.273 e. The van der Waals surface area contributed by atoms with Gasteiger partial charge in [0.05, 0.1) is 10.6 Å². The van der Waals surface area contributed by atoms with Gasteiger partial charge in [0.25, 0.3) is 5.69 Å². The van der Waals surface area contributed by atoms with Gasteiger partial charge in [-0.3, -0.25) is 16.0 Å². The SMILES string of the molecule is CC(C)CC(C)N(C)c1cc(NN)cc([N+](=O)[O-])c1. The van der Waals surface area contributed by atoms with E-state index in [1.165, 1.54) is 6.07 Å². The third-order valence-electron chi connectivity index (χ3n) is 3.16. The van der Waals surface area contributed by atoms with E-state index in [0.717, 1.165) is 12.1 Å². The van der Waals surface area contributed by atoms with Gasteiger partial charge in [-0.25, -0.2) is 0 Å². The Hall–Kier alpha value is -1.82. The minimum absolute atomic E-state index is 0.0362. The highest BCUT2D eigenvalue weighted by Crippen LogP contribution is 2.28. The number of hydrogen-bond acceptors (Lipinski definition) is 5. The van der Waals surface area contributed by atoms with Crippen LogP contribution in [0.1, 0.15) is 27.2 Å². The van der Waals surface area contributed by atoms with Crippen molar-refractivity contribution in [3.63, 3.8) is 0 Å². The predicted octanol–water partition coefficient (Wildman–Crippen LogP) is 2.75. The summed E-state index contributed by atoms with van der Waals surface area (Å²) >= 11 is 0. The molecule has 0 radical (unpaired) electrons. The molecule has 0 aromatic heterocycles. The molecule has 0 saturated carbocycles. The second-order valence-electron chi connectivity index (χ2n) is 5.23. The largest absolute Gasteiger partial charge is 0.372 e. The Morgan fingerprint density at radius 3 is 2.47 bits per heavy atom. The maximum atomic E-state index is 10.9. The second kappa shape index (κ2) is 6.38. The van der Waals surface area contributed by atoms with Crippen LogP contribution in [0.15, 0.2) is 18.2 Å². The molecule has 1 atom stereocenters. The molecule has 0 fully saturated rings. The number of nitrogens with two attached hydrogens (primary N) is 1. The highest BCUT2D eigenvalue weighted by molar-refractivity contribution is 5.64. The van der Waals surface area contributed by atoms with Gasteiger partial charge in [-0.05, 0) is 25.3 Å². The fourth-order valence-electron chi connectivity index (χ4n) is 2.08. The molecule has 106 valence electrons. The molecular formula is C13H22N4O2. The molecular weight excluding hydrogens is 244 g/mol. The molecule has 1 aromatic rings. The normalized spacial score (nSPS) is 12.3. The van der Waals surface area contributed by atoms with Crippen LogP contribution in [0.3, 0.4) is 0 Å². The summed E-state index contributed by atoms with van der Waals surface area (Å²) in [5.41, 5.74) is 3.82. The summed E-state index contributed by atoms with van der Waals surface area (Å²) in [6.45, 7) is 6.42. The van der Waals surface area contributed by atoms with E-state index in [4.69, 9.17) is 5.84 Å². The summed E-state index contributed by atoms with van der Waals surface area (Å²) in [5.74, 6) is 5.93. The van der Waals surface area contributed by atoms with Crippen LogP contribution in [0.4, 0.5) is 17.1 Å². The Balaban J connectivity index is 3.04. The minimum Gasteiger partial charge on any atom is -0.372 e. The number of rotatable bonds is 6. The summed E-state index contributed by atoms with van der Waals surface area (Å²) in [6, 6.07) is 5.10. The van der Waals surface area contributed by atoms with Crippen LogP contribution in [-0.4, -0.2) is 18.0 Å². The van der Waals surface area contributed by atoms with Crippen LogP contribution >= 0.6 is 0 Å². The van der Waals surface area contributed by atoms with E-state index in [1.54, 1.807) is 6.07 Å². The van der Waals surface area contributed by atoms with E-state index in [9.17, 15) is 10.1 Å². The number of nitro groups is 1. The van der Waals surface area contributed by atoms with E-state index in [2.05, 4.69) is 26.2 Å². The number of nitro benzene ring substituents is 1. The zero-order chi connectivity index (χ0) is 14.6. The minimum atomic E-state index is -0.411. The van der Waals surface area contributed by atoms with Gasteiger partial charge in [0, 0.05) is 30.9 Å². The standard InChI is InChI=1S/C13H22N4O2/c1-9(2)5-10(3)16(4)12-6-11(15-14)7-13(8-12)17(18)19/h6-10,15H,5,14H2,1-4H3. The van der Waals surface area contributed by atoms with Crippen LogP contribution in [0, 0.1) is 16.0 Å². The van der Waals surface area contributed by atoms with Crippen molar-refractivity contribution in [1.82, 2.24) is 0 Å². The van der Waals surface area contributed by atoms with Crippen molar-refractivity contribution in [3.05, 3.63) is 28.3 Å². The van der Waals surface area contributed by atoms with Crippen LogP contribution in [0.25, 0.3) is 0 Å². The zero-order valence-corrected chi connectivity index (χ0v) is 11.9. The van der Waals surface area contributed by atoms with E-state index in [-0.39, 0.29) is 5.69 Å². The number of benzene rings is 1.